The topological polar surface area (TPSA) is 107 Å². The van der Waals surface area contributed by atoms with Crippen molar-refractivity contribution >= 4 is 17.9 Å². The van der Waals surface area contributed by atoms with Crippen LogP contribution in [-0.2, 0) is 16.0 Å². The van der Waals surface area contributed by atoms with Crippen molar-refractivity contribution < 1.29 is 29.3 Å². The highest BCUT2D eigenvalue weighted by Gasteiger charge is 2.11. The van der Waals surface area contributed by atoms with Crippen LogP contribution in [0.1, 0.15) is 33.2 Å². The van der Waals surface area contributed by atoms with E-state index in [0.717, 1.165) is 6.07 Å². The number of rotatable bonds is 6. The van der Waals surface area contributed by atoms with E-state index >= 15 is 0 Å². The first-order valence-electron chi connectivity index (χ1n) is 5.71. The zero-order valence-corrected chi connectivity index (χ0v) is 10.8. The summed E-state index contributed by atoms with van der Waals surface area (Å²) in [6.07, 6.45) is 0.0451. The lowest BCUT2D eigenvalue weighted by Crippen LogP contribution is -2.31. The largest absolute Gasteiger partial charge is 0.545 e. The summed E-state index contributed by atoms with van der Waals surface area (Å²) in [4.78, 5) is 33.1. The highest BCUT2D eigenvalue weighted by Crippen LogP contribution is 2.15. The van der Waals surface area contributed by atoms with Gasteiger partial charge in [0, 0.05) is 23.1 Å². The minimum Gasteiger partial charge on any atom is -0.545 e. The van der Waals surface area contributed by atoms with Crippen molar-refractivity contribution in [1.29, 1.82) is 0 Å². The first kappa shape index (κ1) is 15.4. The van der Waals surface area contributed by atoms with Gasteiger partial charge in [-0.15, -0.1) is 0 Å². The Bertz CT molecular complexity index is 573. The van der Waals surface area contributed by atoms with Gasteiger partial charge in [0.25, 0.3) is 0 Å². The van der Waals surface area contributed by atoms with Gasteiger partial charge in [-0.3, -0.25) is 0 Å². The van der Waals surface area contributed by atoms with E-state index in [1.807, 2.05) is 0 Å². The van der Waals surface area contributed by atoms with Crippen molar-refractivity contribution in [3.8, 4) is 0 Å². The monoisotopic (exact) mass is 276 g/mol. The van der Waals surface area contributed by atoms with Crippen LogP contribution in [0.15, 0.2) is 30.4 Å². The molecule has 0 fully saturated rings. The smallest absolute Gasteiger partial charge is 0.333 e. The molecular formula is C14H12O6-2. The van der Waals surface area contributed by atoms with Crippen LogP contribution in [0.25, 0.3) is 0 Å². The fourth-order valence-electron chi connectivity index (χ4n) is 1.60. The second-order valence-electron chi connectivity index (χ2n) is 4.08. The second kappa shape index (κ2) is 6.51. The van der Waals surface area contributed by atoms with E-state index in [1.165, 1.54) is 19.1 Å². The van der Waals surface area contributed by atoms with Crippen molar-refractivity contribution in [2.45, 2.75) is 13.3 Å². The van der Waals surface area contributed by atoms with Crippen LogP contribution in [-0.4, -0.2) is 24.5 Å². The zero-order chi connectivity index (χ0) is 15.3. The molecule has 0 spiro atoms. The molecule has 6 heteroatoms. The van der Waals surface area contributed by atoms with E-state index in [0.29, 0.717) is 0 Å². The normalized spacial score (nSPS) is 9.85. The molecule has 0 aliphatic heterocycles. The summed E-state index contributed by atoms with van der Waals surface area (Å²) in [7, 11) is 0. The lowest BCUT2D eigenvalue weighted by atomic mass is 9.99. The molecule has 0 heterocycles. The van der Waals surface area contributed by atoms with Gasteiger partial charge in [-0.25, -0.2) is 4.79 Å². The third-order valence-electron chi connectivity index (χ3n) is 2.53. The van der Waals surface area contributed by atoms with E-state index in [4.69, 9.17) is 4.74 Å². The molecule has 0 radical (unpaired) electrons. The maximum atomic E-state index is 11.2. The summed E-state index contributed by atoms with van der Waals surface area (Å²) < 4.78 is 4.83. The molecule has 20 heavy (non-hydrogen) atoms. The Morgan fingerprint density at radius 2 is 1.85 bits per heavy atom. The standard InChI is InChI=1S/C14H14O6/c1-8(2)14(19)20-7-6-9-4-3-5-10(12(15)16)11(9)13(17)18/h3-5H,1,6-7H2,2H3,(H,15,16)(H,17,18)/p-2. The van der Waals surface area contributed by atoms with Crippen LogP contribution in [0.2, 0.25) is 0 Å². The van der Waals surface area contributed by atoms with Gasteiger partial charge in [-0.2, -0.15) is 0 Å². The number of aromatic carboxylic acids is 2. The van der Waals surface area contributed by atoms with E-state index in [1.54, 1.807) is 0 Å². The minimum atomic E-state index is -1.62. The molecule has 106 valence electrons. The molecule has 1 aromatic carbocycles. The Morgan fingerprint density at radius 3 is 2.35 bits per heavy atom. The molecule has 0 N–H and O–H groups in total. The van der Waals surface area contributed by atoms with Gasteiger partial charge in [-0.05, 0) is 12.5 Å². The maximum Gasteiger partial charge on any atom is 0.333 e. The van der Waals surface area contributed by atoms with Crippen LogP contribution < -0.4 is 10.2 Å². The number of esters is 1. The van der Waals surface area contributed by atoms with Gasteiger partial charge in [0.2, 0.25) is 0 Å². The number of hydrogen-bond donors (Lipinski definition) is 0. The lowest BCUT2D eigenvalue weighted by Gasteiger charge is -2.16. The molecule has 0 aromatic heterocycles. The highest BCUT2D eigenvalue weighted by molar-refractivity contribution is 6.01. The maximum absolute atomic E-state index is 11.2. The third-order valence-corrected chi connectivity index (χ3v) is 2.53. The molecule has 0 bridgehead atoms. The predicted octanol–water partition coefficient (Wildman–Crippen LogP) is -0.925. The molecule has 1 rings (SSSR count). The van der Waals surface area contributed by atoms with E-state index < -0.39 is 29.0 Å². The molecule has 0 saturated carbocycles. The van der Waals surface area contributed by atoms with E-state index in [2.05, 4.69) is 6.58 Å². The number of benzene rings is 1. The first-order chi connectivity index (χ1) is 9.34. The number of hydrogen-bond acceptors (Lipinski definition) is 6. The van der Waals surface area contributed by atoms with Crippen molar-refractivity contribution in [1.82, 2.24) is 0 Å². The molecule has 0 amide bonds. The summed E-state index contributed by atoms with van der Waals surface area (Å²) >= 11 is 0. The summed E-state index contributed by atoms with van der Waals surface area (Å²) in [5.41, 5.74) is -0.512. The van der Waals surface area contributed by atoms with Crippen molar-refractivity contribution in [3.63, 3.8) is 0 Å². The van der Waals surface area contributed by atoms with Crippen LogP contribution in [0.3, 0.4) is 0 Å². The Hall–Kier alpha value is -2.63. The molecule has 0 saturated heterocycles. The molecule has 0 unspecified atom stereocenters. The fraction of sp³-hybridized carbons (Fsp3) is 0.214. The number of ether oxygens (including phenoxy) is 1. The first-order valence-corrected chi connectivity index (χ1v) is 5.71. The predicted molar refractivity (Wildman–Crippen MR) is 64.6 cm³/mol. The highest BCUT2D eigenvalue weighted by atomic mass is 16.5. The summed E-state index contributed by atoms with van der Waals surface area (Å²) in [6.45, 7) is 4.78. The molecule has 0 aliphatic carbocycles. The van der Waals surface area contributed by atoms with E-state index in [-0.39, 0.29) is 24.2 Å². The summed E-state index contributed by atoms with van der Waals surface area (Å²) in [5.74, 6) is -3.83. The van der Waals surface area contributed by atoms with Crippen LogP contribution >= 0.6 is 0 Å². The van der Waals surface area contributed by atoms with Crippen LogP contribution in [0.4, 0.5) is 0 Å². The Labute approximate surface area is 115 Å². The molecule has 0 atom stereocenters. The van der Waals surface area contributed by atoms with Gasteiger partial charge in [0.05, 0.1) is 18.5 Å². The van der Waals surface area contributed by atoms with E-state index in [9.17, 15) is 24.6 Å². The zero-order valence-electron chi connectivity index (χ0n) is 10.8. The quantitative estimate of drug-likeness (QED) is 0.491. The SMILES string of the molecule is C=C(C)C(=O)OCCc1cccc(C(=O)[O-])c1C(=O)[O-]. The molecule has 1 aromatic rings. The number of carbonyl (C=O) groups excluding carboxylic acids is 3. The number of carboxylic acid groups (broad SMARTS) is 2. The Balaban J connectivity index is 2.93. The fourth-order valence-corrected chi connectivity index (χ4v) is 1.60. The number of carbonyl (C=O) groups is 3. The summed E-state index contributed by atoms with van der Waals surface area (Å²) in [5, 5.41) is 21.9. The summed E-state index contributed by atoms with van der Waals surface area (Å²) in [6, 6.07) is 3.92. The average molecular weight is 276 g/mol. The molecule has 0 aliphatic rings. The Morgan fingerprint density at radius 1 is 1.20 bits per heavy atom. The van der Waals surface area contributed by atoms with Gasteiger partial charge >= 0.3 is 5.97 Å². The van der Waals surface area contributed by atoms with Crippen molar-refractivity contribution in [2.75, 3.05) is 6.61 Å². The Kier molecular flexibility index (Phi) is 5.02. The van der Waals surface area contributed by atoms with Gasteiger partial charge < -0.3 is 24.5 Å². The molecular weight excluding hydrogens is 264 g/mol. The molecule has 6 nitrogen and oxygen atoms in total. The second-order valence-corrected chi connectivity index (χ2v) is 4.08. The lowest BCUT2D eigenvalue weighted by molar-refractivity contribution is -0.259. The number of carboxylic acids is 2. The van der Waals surface area contributed by atoms with Gasteiger partial charge in [0.1, 0.15) is 0 Å². The van der Waals surface area contributed by atoms with Gasteiger partial charge in [-0.1, -0.05) is 24.8 Å². The van der Waals surface area contributed by atoms with Crippen molar-refractivity contribution in [3.05, 3.63) is 47.0 Å². The van der Waals surface area contributed by atoms with Crippen LogP contribution in [0, 0.1) is 0 Å². The average Bonchev–Trinajstić information content (AvgIpc) is 2.37. The van der Waals surface area contributed by atoms with Crippen LogP contribution in [0.5, 0.6) is 0 Å². The van der Waals surface area contributed by atoms with Crippen molar-refractivity contribution in [2.24, 2.45) is 0 Å². The van der Waals surface area contributed by atoms with Gasteiger partial charge in [0.15, 0.2) is 0 Å². The third kappa shape index (κ3) is 3.68. The minimum absolute atomic E-state index is 0.0451.